The highest BCUT2D eigenvalue weighted by Crippen LogP contribution is 2.36. The van der Waals surface area contributed by atoms with E-state index in [0.717, 1.165) is 12.4 Å². The van der Waals surface area contributed by atoms with Crippen molar-refractivity contribution >= 4 is 16.0 Å². The number of benzene rings is 1. The number of methoxy groups -OCH3 is 3. The van der Waals surface area contributed by atoms with Gasteiger partial charge in [0.25, 0.3) is 0 Å². The number of rotatable bonds is 12. The molecule has 0 fully saturated rings. The van der Waals surface area contributed by atoms with Gasteiger partial charge in [0.2, 0.25) is 16.0 Å². The molecule has 3 rings (SSSR count). The standard InChI is InChI=1S/C22H29FN6O5S/c1-14(21-24-12-16(23)13-25-21)15(2)35(30,31)28-22-27-26-19(10-7-11-32-3)29(22)20-17(33-4)8-6-9-18(20)34-5/h6,8-9,12-15H,7,10-11H2,1-5H3,(H,27,28). The average Bonchev–Trinajstić information content (AvgIpc) is 3.24. The van der Waals surface area contributed by atoms with E-state index < -0.39 is 27.0 Å². The number of hydrogen-bond acceptors (Lipinski definition) is 9. The van der Waals surface area contributed by atoms with Crippen molar-refractivity contribution in [3.63, 3.8) is 0 Å². The molecule has 0 aliphatic rings. The van der Waals surface area contributed by atoms with Crippen LogP contribution < -0.4 is 14.2 Å². The van der Waals surface area contributed by atoms with Crippen LogP contribution in [0.5, 0.6) is 11.5 Å². The van der Waals surface area contributed by atoms with Crippen molar-refractivity contribution in [2.75, 3.05) is 32.7 Å². The van der Waals surface area contributed by atoms with E-state index in [1.807, 2.05) is 0 Å². The summed E-state index contributed by atoms with van der Waals surface area (Å²) in [5.41, 5.74) is 0.454. The first-order chi connectivity index (χ1) is 16.7. The van der Waals surface area contributed by atoms with Gasteiger partial charge >= 0.3 is 0 Å². The lowest BCUT2D eigenvalue weighted by atomic mass is 10.1. The van der Waals surface area contributed by atoms with Gasteiger partial charge in [0.1, 0.15) is 28.8 Å². The Morgan fingerprint density at radius 1 is 1.06 bits per heavy atom. The average molecular weight is 509 g/mol. The Morgan fingerprint density at radius 2 is 1.69 bits per heavy atom. The van der Waals surface area contributed by atoms with E-state index in [1.165, 1.54) is 21.1 Å². The van der Waals surface area contributed by atoms with Crippen molar-refractivity contribution in [2.24, 2.45) is 0 Å². The van der Waals surface area contributed by atoms with Crippen molar-refractivity contribution in [2.45, 2.75) is 37.9 Å². The third kappa shape index (κ3) is 5.85. The van der Waals surface area contributed by atoms with Gasteiger partial charge in [-0.05, 0) is 25.5 Å². The second-order valence-corrected chi connectivity index (χ2v) is 9.82. The van der Waals surface area contributed by atoms with Crippen LogP contribution in [0.3, 0.4) is 0 Å². The molecule has 0 saturated heterocycles. The minimum absolute atomic E-state index is 0.0284. The van der Waals surface area contributed by atoms with Gasteiger partial charge in [-0.3, -0.25) is 9.29 Å². The summed E-state index contributed by atoms with van der Waals surface area (Å²) in [7, 11) is 0.599. The molecule has 190 valence electrons. The van der Waals surface area contributed by atoms with Crippen LogP contribution in [0.15, 0.2) is 30.6 Å². The van der Waals surface area contributed by atoms with Crippen molar-refractivity contribution in [1.29, 1.82) is 0 Å². The molecule has 1 aromatic carbocycles. The molecule has 11 nitrogen and oxygen atoms in total. The van der Waals surface area contributed by atoms with E-state index in [9.17, 15) is 12.8 Å². The number of aryl methyl sites for hydroxylation is 1. The number of hydrogen-bond donors (Lipinski definition) is 1. The number of nitrogens with one attached hydrogen (secondary N) is 1. The van der Waals surface area contributed by atoms with Gasteiger partial charge in [-0.15, -0.1) is 10.2 Å². The minimum atomic E-state index is -4.01. The highest BCUT2D eigenvalue weighted by molar-refractivity contribution is 7.93. The molecule has 2 atom stereocenters. The third-order valence-electron chi connectivity index (χ3n) is 5.58. The molecule has 2 aromatic heterocycles. The number of ether oxygens (including phenoxy) is 3. The Hall–Kier alpha value is -3.32. The smallest absolute Gasteiger partial charge is 0.243 e. The first kappa shape index (κ1) is 26.3. The first-order valence-electron chi connectivity index (χ1n) is 10.9. The topological polar surface area (TPSA) is 130 Å². The third-order valence-corrected chi connectivity index (χ3v) is 7.43. The van der Waals surface area contributed by atoms with Crippen LogP contribution in [0.25, 0.3) is 5.69 Å². The zero-order chi connectivity index (χ0) is 25.6. The van der Waals surface area contributed by atoms with Gasteiger partial charge in [0, 0.05) is 26.1 Å². The molecule has 0 bridgehead atoms. The predicted octanol–water partition coefficient (Wildman–Crippen LogP) is 2.73. The largest absolute Gasteiger partial charge is 0.494 e. The maximum absolute atomic E-state index is 13.3. The van der Waals surface area contributed by atoms with E-state index in [4.69, 9.17) is 14.2 Å². The Bertz CT molecular complexity index is 1210. The second kappa shape index (κ2) is 11.4. The molecule has 2 heterocycles. The summed E-state index contributed by atoms with van der Waals surface area (Å²) in [4.78, 5) is 7.84. The first-order valence-corrected chi connectivity index (χ1v) is 12.4. The fourth-order valence-electron chi connectivity index (χ4n) is 3.46. The molecule has 0 aliphatic heterocycles. The van der Waals surface area contributed by atoms with Crippen LogP contribution in [0.1, 0.15) is 37.8 Å². The van der Waals surface area contributed by atoms with Crippen LogP contribution in [0.2, 0.25) is 0 Å². The molecule has 0 radical (unpaired) electrons. The van der Waals surface area contributed by atoms with E-state index in [0.29, 0.717) is 42.5 Å². The number of para-hydroxylation sites is 1. The number of nitrogens with zero attached hydrogens (tertiary/aromatic N) is 5. The van der Waals surface area contributed by atoms with Gasteiger partial charge in [0.05, 0.1) is 31.9 Å². The Morgan fingerprint density at radius 3 is 2.26 bits per heavy atom. The number of aromatic nitrogens is 5. The van der Waals surface area contributed by atoms with Crippen molar-refractivity contribution < 1.29 is 27.0 Å². The van der Waals surface area contributed by atoms with Crippen LogP contribution in [-0.2, 0) is 21.2 Å². The number of halogens is 1. The zero-order valence-corrected chi connectivity index (χ0v) is 21.0. The summed E-state index contributed by atoms with van der Waals surface area (Å²) in [5.74, 6) is 0.320. The van der Waals surface area contributed by atoms with Gasteiger partial charge in [0.15, 0.2) is 5.82 Å². The van der Waals surface area contributed by atoms with Gasteiger partial charge in [-0.25, -0.2) is 22.8 Å². The predicted molar refractivity (Wildman–Crippen MR) is 127 cm³/mol. The maximum Gasteiger partial charge on any atom is 0.243 e. The lowest BCUT2D eigenvalue weighted by Crippen LogP contribution is -2.31. The maximum atomic E-state index is 13.3. The molecule has 1 N–H and O–H groups in total. The van der Waals surface area contributed by atoms with Crippen LogP contribution >= 0.6 is 0 Å². The highest BCUT2D eigenvalue weighted by Gasteiger charge is 2.32. The van der Waals surface area contributed by atoms with Crippen molar-refractivity contribution in [1.82, 2.24) is 24.7 Å². The Balaban J connectivity index is 2.03. The van der Waals surface area contributed by atoms with E-state index in [-0.39, 0.29) is 11.8 Å². The molecule has 2 unspecified atom stereocenters. The SMILES string of the molecule is COCCCc1nnc(NS(=O)(=O)C(C)C(C)c2ncc(F)cn2)n1-c1c(OC)cccc1OC. The van der Waals surface area contributed by atoms with Crippen molar-refractivity contribution in [3.8, 4) is 17.2 Å². The molecule has 0 spiro atoms. The van der Waals surface area contributed by atoms with E-state index in [1.54, 1.807) is 36.8 Å². The van der Waals surface area contributed by atoms with Gasteiger partial charge in [-0.2, -0.15) is 0 Å². The minimum Gasteiger partial charge on any atom is -0.494 e. The molecular weight excluding hydrogens is 479 g/mol. The molecule has 3 aromatic rings. The Labute approximate surface area is 203 Å². The lowest BCUT2D eigenvalue weighted by molar-refractivity contribution is 0.194. The highest BCUT2D eigenvalue weighted by atomic mass is 32.2. The van der Waals surface area contributed by atoms with Crippen LogP contribution in [0, 0.1) is 5.82 Å². The number of anilines is 1. The zero-order valence-electron chi connectivity index (χ0n) is 20.2. The molecule has 0 amide bonds. The lowest BCUT2D eigenvalue weighted by Gasteiger charge is -2.21. The summed E-state index contributed by atoms with van der Waals surface area (Å²) < 4.78 is 60.2. The fraction of sp³-hybridized carbons (Fsp3) is 0.455. The molecule has 0 aliphatic carbocycles. The summed E-state index contributed by atoms with van der Waals surface area (Å²) in [6.45, 7) is 3.66. The summed E-state index contributed by atoms with van der Waals surface area (Å²) in [5, 5.41) is 7.37. The molecule has 13 heteroatoms. The Kier molecular flexibility index (Phi) is 8.57. The normalized spacial score (nSPS) is 13.3. The van der Waals surface area contributed by atoms with Gasteiger partial charge in [-0.1, -0.05) is 13.0 Å². The molecule has 0 saturated carbocycles. The fourth-order valence-corrected chi connectivity index (χ4v) is 4.69. The summed E-state index contributed by atoms with van der Waals surface area (Å²) in [6.07, 6.45) is 3.10. The van der Waals surface area contributed by atoms with Gasteiger partial charge < -0.3 is 14.2 Å². The van der Waals surface area contributed by atoms with Crippen molar-refractivity contribution in [3.05, 3.63) is 48.1 Å². The molecule has 35 heavy (non-hydrogen) atoms. The van der Waals surface area contributed by atoms with E-state index >= 15 is 0 Å². The number of sulfonamides is 1. The summed E-state index contributed by atoms with van der Waals surface area (Å²) >= 11 is 0. The second-order valence-electron chi connectivity index (χ2n) is 7.78. The quantitative estimate of drug-likeness (QED) is 0.367. The molecular formula is C22H29FN6O5S. The van der Waals surface area contributed by atoms with Crippen LogP contribution in [-0.4, -0.2) is 66.3 Å². The monoisotopic (exact) mass is 508 g/mol. The van der Waals surface area contributed by atoms with Crippen LogP contribution in [0.4, 0.5) is 10.3 Å². The summed E-state index contributed by atoms with van der Waals surface area (Å²) in [6, 6.07) is 5.21. The van der Waals surface area contributed by atoms with E-state index in [2.05, 4.69) is 24.9 Å².